The Kier molecular flexibility index (Phi) is 7.06. The molecule has 0 aliphatic rings. The van der Waals surface area contributed by atoms with Crippen molar-refractivity contribution in [2.24, 2.45) is 0 Å². The average molecular weight is 299 g/mol. The molecule has 5 nitrogen and oxygen atoms in total. The number of thioether (sulfide) groups is 1. The van der Waals surface area contributed by atoms with Gasteiger partial charge in [0, 0.05) is 6.54 Å². The Balaban J connectivity index is 2.28. The Bertz CT molecular complexity index is 423. The summed E-state index contributed by atoms with van der Waals surface area (Å²) in [7, 11) is 0. The number of rotatable bonds is 7. The molecule has 0 spiro atoms. The summed E-state index contributed by atoms with van der Waals surface area (Å²) in [6.07, 6.45) is 3.12. The monoisotopic (exact) mass is 299 g/mol. The van der Waals surface area contributed by atoms with Crippen LogP contribution in [0.3, 0.4) is 0 Å². The van der Waals surface area contributed by atoms with Crippen molar-refractivity contribution in [2.45, 2.75) is 6.42 Å². The smallest absolute Gasteiger partial charge is 0.335 e. The first-order chi connectivity index (χ1) is 9.13. The third kappa shape index (κ3) is 6.30. The van der Waals surface area contributed by atoms with Crippen molar-refractivity contribution in [1.82, 2.24) is 10.7 Å². The van der Waals surface area contributed by atoms with E-state index in [-0.39, 0.29) is 5.56 Å². The van der Waals surface area contributed by atoms with Crippen LogP contribution < -0.4 is 16.2 Å². The lowest BCUT2D eigenvalue weighted by Crippen LogP contribution is -2.39. The highest BCUT2D eigenvalue weighted by molar-refractivity contribution is 7.98. The van der Waals surface area contributed by atoms with E-state index >= 15 is 0 Å². The van der Waals surface area contributed by atoms with Crippen molar-refractivity contribution in [2.75, 3.05) is 24.0 Å². The second kappa shape index (κ2) is 8.60. The first kappa shape index (κ1) is 15.6. The van der Waals surface area contributed by atoms with Crippen LogP contribution in [0, 0.1) is 0 Å². The number of aromatic carboxylic acids is 1. The quantitative estimate of drug-likeness (QED) is 0.348. The minimum absolute atomic E-state index is 0.253. The van der Waals surface area contributed by atoms with Gasteiger partial charge in [-0.05, 0) is 54.9 Å². The summed E-state index contributed by atoms with van der Waals surface area (Å²) >= 11 is 6.88. The molecule has 19 heavy (non-hydrogen) atoms. The Labute approximate surface area is 122 Å². The van der Waals surface area contributed by atoms with Crippen molar-refractivity contribution >= 4 is 40.7 Å². The second-order valence-corrected chi connectivity index (χ2v) is 5.13. The number of nitrogens with one attached hydrogen (secondary N) is 3. The molecule has 104 valence electrons. The van der Waals surface area contributed by atoms with E-state index < -0.39 is 5.97 Å². The number of anilines is 1. The molecule has 4 N–H and O–H groups in total. The lowest BCUT2D eigenvalue weighted by atomic mass is 10.2. The number of hydrogen-bond donors (Lipinski definition) is 4. The van der Waals surface area contributed by atoms with Crippen molar-refractivity contribution in [1.29, 1.82) is 0 Å². The van der Waals surface area contributed by atoms with E-state index in [0.717, 1.165) is 24.4 Å². The number of hydrogen-bond acceptors (Lipinski definition) is 4. The summed E-state index contributed by atoms with van der Waals surface area (Å²) in [5, 5.41) is 12.4. The fourth-order valence-electron chi connectivity index (χ4n) is 1.29. The molecule has 0 aliphatic carbocycles. The number of carbonyl (C=O) groups is 1. The van der Waals surface area contributed by atoms with E-state index in [9.17, 15) is 4.79 Å². The van der Waals surface area contributed by atoms with Gasteiger partial charge in [0.15, 0.2) is 5.11 Å². The zero-order valence-electron chi connectivity index (χ0n) is 10.6. The molecule has 0 radical (unpaired) electrons. The van der Waals surface area contributed by atoms with Gasteiger partial charge >= 0.3 is 5.97 Å². The molecule has 0 aliphatic heterocycles. The maximum Gasteiger partial charge on any atom is 0.335 e. The van der Waals surface area contributed by atoms with Gasteiger partial charge in [-0.1, -0.05) is 0 Å². The van der Waals surface area contributed by atoms with Gasteiger partial charge in [-0.2, -0.15) is 11.8 Å². The van der Waals surface area contributed by atoms with Gasteiger partial charge in [-0.3, -0.25) is 10.9 Å². The second-order valence-electron chi connectivity index (χ2n) is 3.73. The topological polar surface area (TPSA) is 73.4 Å². The Morgan fingerprint density at radius 2 is 2.05 bits per heavy atom. The minimum Gasteiger partial charge on any atom is -0.478 e. The van der Waals surface area contributed by atoms with E-state index in [1.165, 1.54) is 12.1 Å². The SMILES string of the molecule is CSCCCNC(=S)NNc1ccc(C(=O)O)cc1. The third-order valence-electron chi connectivity index (χ3n) is 2.26. The van der Waals surface area contributed by atoms with Crippen LogP contribution in [-0.2, 0) is 0 Å². The van der Waals surface area contributed by atoms with Crippen LogP contribution in [0.15, 0.2) is 24.3 Å². The van der Waals surface area contributed by atoms with Gasteiger partial charge in [-0.15, -0.1) is 0 Å². The lowest BCUT2D eigenvalue weighted by molar-refractivity contribution is 0.0697. The fourth-order valence-corrected chi connectivity index (χ4v) is 1.87. The van der Waals surface area contributed by atoms with E-state index in [1.54, 1.807) is 23.9 Å². The van der Waals surface area contributed by atoms with Crippen LogP contribution >= 0.6 is 24.0 Å². The molecule has 1 rings (SSSR count). The summed E-state index contributed by atoms with van der Waals surface area (Å²) in [5.74, 6) is 0.158. The van der Waals surface area contributed by atoms with Crippen LogP contribution in [0.25, 0.3) is 0 Å². The van der Waals surface area contributed by atoms with Crippen molar-refractivity contribution in [3.8, 4) is 0 Å². The fraction of sp³-hybridized carbons (Fsp3) is 0.333. The number of hydrazine groups is 1. The largest absolute Gasteiger partial charge is 0.478 e. The molecule has 0 saturated heterocycles. The molecule has 0 saturated carbocycles. The van der Waals surface area contributed by atoms with Gasteiger partial charge in [0.2, 0.25) is 0 Å². The molecule has 0 aromatic heterocycles. The standard InChI is InChI=1S/C12H17N3O2S2/c1-19-8-2-7-13-12(18)15-14-10-5-3-9(4-6-10)11(16)17/h3-6,14H,2,7-8H2,1H3,(H,16,17)(H2,13,15,18). The van der Waals surface area contributed by atoms with E-state index in [1.807, 2.05) is 0 Å². The van der Waals surface area contributed by atoms with Gasteiger partial charge in [0.1, 0.15) is 0 Å². The molecule has 0 unspecified atom stereocenters. The summed E-state index contributed by atoms with van der Waals surface area (Å²) in [6.45, 7) is 0.826. The molecule has 0 atom stereocenters. The molecule has 1 aromatic carbocycles. The van der Waals surface area contributed by atoms with Crippen LogP contribution in [0.1, 0.15) is 16.8 Å². The minimum atomic E-state index is -0.939. The zero-order chi connectivity index (χ0) is 14.1. The predicted molar refractivity (Wildman–Crippen MR) is 83.8 cm³/mol. The number of carboxylic acids is 1. The molecule has 0 heterocycles. The van der Waals surface area contributed by atoms with E-state index in [2.05, 4.69) is 22.4 Å². The first-order valence-electron chi connectivity index (χ1n) is 5.75. The molecule has 7 heteroatoms. The highest BCUT2D eigenvalue weighted by Gasteiger charge is 2.01. The molecular formula is C12H17N3O2S2. The van der Waals surface area contributed by atoms with Crippen LogP contribution in [0.4, 0.5) is 5.69 Å². The number of carboxylic acid groups (broad SMARTS) is 1. The first-order valence-corrected chi connectivity index (χ1v) is 7.56. The summed E-state index contributed by atoms with van der Waals surface area (Å²) in [6, 6.07) is 6.40. The molecule has 1 aromatic rings. The van der Waals surface area contributed by atoms with Crippen molar-refractivity contribution in [3.05, 3.63) is 29.8 Å². The van der Waals surface area contributed by atoms with E-state index in [4.69, 9.17) is 17.3 Å². The highest BCUT2D eigenvalue weighted by Crippen LogP contribution is 2.08. The van der Waals surface area contributed by atoms with Gasteiger partial charge in [0.05, 0.1) is 11.3 Å². The zero-order valence-corrected chi connectivity index (χ0v) is 12.2. The predicted octanol–water partition coefficient (Wildman–Crippen LogP) is 1.93. The molecule has 0 fully saturated rings. The summed E-state index contributed by atoms with van der Waals surface area (Å²) < 4.78 is 0. The normalized spacial score (nSPS) is 9.74. The van der Waals surface area contributed by atoms with Crippen LogP contribution in [0.5, 0.6) is 0 Å². The molecular weight excluding hydrogens is 282 g/mol. The highest BCUT2D eigenvalue weighted by atomic mass is 32.2. The van der Waals surface area contributed by atoms with Gasteiger partial charge < -0.3 is 10.4 Å². The third-order valence-corrected chi connectivity index (χ3v) is 3.21. The summed E-state index contributed by atoms with van der Waals surface area (Å²) in [5.41, 5.74) is 6.74. The Hall–Kier alpha value is -1.47. The van der Waals surface area contributed by atoms with Gasteiger partial charge in [-0.25, -0.2) is 4.79 Å². The Morgan fingerprint density at radius 1 is 1.37 bits per heavy atom. The maximum atomic E-state index is 10.7. The molecule has 0 bridgehead atoms. The van der Waals surface area contributed by atoms with Crippen molar-refractivity contribution in [3.63, 3.8) is 0 Å². The van der Waals surface area contributed by atoms with E-state index in [0.29, 0.717) is 5.11 Å². The van der Waals surface area contributed by atoms with Crippen molar-refractivity contribution < 1.29 is 9.90 Å². The maximum absolute atomic E-state index is 10.7. The average Bonchev–Trinajstić information content (AvgIpc) is 2.42. The Morgan fingerprint density at radius 3 is 2.63 bits per heavy atom. The van der Waals surface area contributed by atoms with Crippen LogP contribution in [0.2, 0.25) is 0 Å². The number of thiocarbonyl (C=S) groups is 1. The van der Waals surface area contributed by atoms with Crippen LogP contribution in [-0.4, -0.2) is 34.7 Å². The number of benzene rings is 1. The summed E-state index contributed by atoms with van der Waals surface area (Å²) in [4.78, 5) is 10.7. The molecule has 0 amide bonds. The van der Waals surface area contributed by atoms with Gasteiger partial charge in [0.25, 0.3) is 0 Å². The lowest BCUT2D eigenvalue weighted by Gasteiger charge is -2.12.